The van der Waals surface area contributed by atoms with Crippen LogP contribution in [0.25, 0.3) is 0 Å². The number of nitrogens with zero attached hydrogens (tertiary/aromatic N) is 2. The molecular formula is C18H25N5O. The lowest BCUT2D eigenvalue weighted by atomic mass is 9.95. The van der Waals surface area contributed by atoms with Gasteiger partial charge in [0.05, 0.1) is 0 Å². The fourth-order valence-electron chi connectivity index (χ4n) is 2.01. The lowest BCUT2D eigenvalue weighted by molar-refractivity contribution is -0.123. The first-order valence-corrected chi connectivity index (χ1v) is 8.06. The highest BCUT2D eigenvalue weighted by atomic mass is 16.2. The summed E-state index contributed by atoms with van der Waals surface area (Å²) >= 11 is 0. The van der Waals surface area contributed by atoms with Crippen molar-refractivity contribution in [2.75, 3.05) is 22.5 Å². The Labute approximate surface area is 143 Å². The van der Waals surface area contributed by atoms with Crippen LogP contribution < -0.4 is 16.0 Å². The molecule has 0 fully saturated rings. The van der Waals surface area contributed by atoms with Crippen LogP contribution in [0.5, 0.6) is 0 Å². The predicted molar refractivity (Wildman–Crippen MR) is 98.7 cm³/mol. The number of anilines is 4. The molecule has 0 unspecified atom stereocenters. The third-order valence-electron chi connectivity index (χ3n) is 3.29. The normalized spacial score (nSPS) is 11.0. The van der Waals surface area contributed by atoms with Gasteiger partial charge in [0.15, 0.2) is 0 Å². The van der Waals surface area contributed by atoms with Crippen LogP contribution in [0, 0.1) is 12.3 Å². The van der Waals surface area contributed by atoms with Crippen LogP contribution in [0.1, 0.15) is 33.5 Å². The Kier molecular flexibility index (Phi) is 5.39. The summed E-state index contributed by atoms with van der Waals surface area (Å²) in [7, 11) is 0. The predicted octanol–water partition coefficient (Wildman–Crippen LogP) is 3.95. The van der Waals surface area contributed by atoms with Crippen molar-refractivity contribution >= 4 is 28.9 Å². The van der Waals surface area contributed by atoms with E-state index in [9.17, 15) is 4.79 Å². The maximum atomic E-state index is 12.0. The molecule has 2 rings (SSSR count). The summed E-state index contributed by atoms with van der Waals surface area (Å²) < 4.78 is 0. The molecule has 0 spiro atoms. The minimum absolute atomic E-state index is 0.00934. The number of carbonyl (C=O) groups is 1. The van der Waals surface area contributed by atoms with Gasteiger partial charge in [-0.2, -0.15) is 0 Å². The van der Waals surface area contributed by atoms with Gasteiger partial charge >= 0.3 is 0 Å². The monoisotopic (exact) mass is 327 g/mol. The van der Waals surface area contributed by atoms with E-state index in [4.69, 9.17) is 0 Å². The van der Waals surface area contributed by atoms with Gasteiger partial charge in [-0.15, -0.1) is 0 Å². The summed E-state index contributed by atoms with van der Waals surface area (Å²) in [6.45, 7) is 10.3. The van der Waals surface area contributed by atoms with Crippen LogP contribution >= 0.6 is 0 Å². The van der Waals surface area contributed by atoms with Crippen molar-refractivity contribution in [3.8, 4) is 0 Å². The number of nitrogens with one attached hydrogen (secondary N) is 3. The van der Waals surface area contributed by atoms with Crippen molar-refractivity contribution < 1.29 is 4.79 Å². The molecule has 6 heteroatoms. The van der Waals surface area contributed by atoms with Crippen molar-refractivity contribution in [2.24, 2.45) is 5.41 Å². The van der Waals surface area contributed by atoms with E-state index in [1.165, 1.54) is 0 Å². The molecule has 0 aliphatic heterocycles. The van der Waals surface area contributed by atoms with E-state index in [0.29, 0.717) is 5.82 Å². The van der Waals surface area contributed by atoms with Gasteiger partial charge in [-0.25, -0.2) is 9.97 Å². The first-order chi connectivity index (χ1) is 11.3. The standard InChI is InChI=1S/C18H25N5O/c1-6-19-15-11-16(21-12(2)20-15)22-13-7-9-14(10-8-13)23-17(24)18(3,4)5/h7-11H,6H2,1-5H3,(H,23,24)(H2,19,20,21,22). The molecule has 0 radical (unpaired) electrons. The van der Waals surface area contributed by atoms with Crippen molar-refractivity contribution in [1.29, 1.82) is 0 Å². The lowest BCUT2D eigenvalue weighted by Gasteiger charge is -2.17. The van der Waals surface area contributed by atoms with Gasteiger partial charge in [-0.1, -0.05) is 20.8 Å². The smallest absolute Gasteiger partial charge is 0.229 e. The number of benzene rings is 1. The van der Waals surface area contributed by atoms with E-state index in [-0.39, 0.29) is 5.91 Å². The number of hydrogen-bond acceptors (Lipinski definition) is 5. The van der Waals surface area contributed by atoms with Crippen molar-refractivity contribution in [3.63, 3.8) is 0 Å². The van der Waals surface area contributed by atoms with Gasteiger partial charge in [0.25, 0.3) is 0 Å². The number of hydrogen-bond donors (Lipinski definition) is 3. The van der Waals surface area contributed by atoms with Gasteiger partial charge in [0, 0.05) is 29.4 Å². The number of aryl methyl sites for hydroxylation is 1. The molecule has 6 nitrogen and oxygen atoms in total. The van der Waals surface area contributed by atoms with E-state index in [1.807, 2.05) is 65.0 Å². The second-order valence-electron chi connectivity index (χ2n) is 6.62. The topological polar surface area (TPSA) is 78.9 Å². The van der Waals surface area contributed by atoms with Gasteiger partial charge < -0.3 is 16.0 Å². The van der Waals surface area contributed by atoms with Crippen molar-refractivity contribution in [1.82, 2.24) is 9.97 Å². The first kappa shape index (κ1) is 17.7. The largest absolute Gasteiger partial charge is 0.370 e. The highest BCUT2D eigenvalue weighted by Gasteiger charge is 2.20. The van der Waals surface area contributed by atoms with E-state index in [1.54, 1.807) is 0 Å². The van der Waals surface area contributed by atoms with Crippen molar-refractivity contribution in [2.45, 2.75) is 34.6 Å². The van der Waals surface area contributed by atoms with Crippen LogP contribution in [0.3, 0.4) is 0 Å². The number of amides is 1. The maximum absolute atomic E-state index is 12.0. The third kappa shape index (κ3) is 4.94. The zero-order valence-electron chi connectivity index (χ0n) is 14.9. The SMILES string of the molecule is CCNc1cc(Nc2ccc(NC(=O)C(C)(C)C)cc2)nc(C)n1. The van der Waals surface area contributed by atoms with Crippen LogP contribution in [0.4, 0.5) is 23.0 Å². The first-order valence-electron chi connectivity index (χ1n) is 8.06. The molecule has 0 aliphatic rings. The molecule has 1 aromatic heterocycles. The quantitative estimate of drug-likeness (QED) is 0.775. The second-order valence-corrected chi connectivity index (χ2v) is 6.62. The Bertz CT molecular complexity index is 704. The fraction of sp³-hybridized carbons (Fsp3) is 0.389. The third-order valence-corrected chi connectivity index (χ3v) is 3.29. The van der Waals surface area contributed by atoms with Gasteiger partial charge in [0.1, 0.15) is 17.5 Å². The summed E-state index contributed by atoms with van der Waals surface area (Å²) in [5, 5.41) is 9.34. The maximum Gasteiger partial charge on any atom is 0.229 e. The van der Waals surface area contributed by atoms with E-state index in [2.05, 4.69) is 25.9 Å². The van der Waals surface area contributed by atoms with Crippen molar-refractivity contribution in [3.05, 3.63) is 36.2 Å². The fourth-order valence-corrected chi connectivity index (χ4v) is 2.01. The molecule has 0 aliphatic carbocycles. The van der Waals surface area contributed by atoms with Crippen LogP contribution in [0.2, 0.25) is 0 Å². The Morgan fingerprint density at radius 1 is 1.04 bits per heavy atom. The Morgan fingerprint density at radius 3 is 2.21 bits per heavy atom. The summed E-state index contributed by atoms with van der Waals surface area (Å²) in [6.07, 6.45) is 0. The average molecular weight is 327 g/mol. The van der Waals surface area contributed by atoms with E-state index in [0.717, 1.165) is 29.6 Å². The Morgan fingerprint density at radius 2 is 1.62 bits per heavy atom. The van der Waals surface area contributed by atoms with Gasteiger partial charge in [0.2, 0.25) is 5.91 Å². The average Bonchev–Trinajstić information content (AvgIpc) is 2.48. The Balaban J connectivity index is 2.08. The minimum Gasteiger partial charge on any atom is -0.370 e. The highest BCUT2D eigenvalue weighted by Crippen LogP contribution is 2.21. The molecule has 3 N–H and O–H groups in total. The molecule has 2 aromatic rings. The van der Waals surface area contributed by atoms with E-state index >= 15 is 0 Å². The highest BCUT2D eigenvalue weighted by molar-refractivity contribution is 5.94. The molecular weight excluding hydrogens is 302 g/mol. The van der Waals surface area contributed by atoms with E-state index < -0.39 is 5.41 Å². The molecule has 0 saturated heterocycles. The van der Waals surface area contributed by atoms with Gasteiger partial charge in [-0.3, -0.25) is 4.79 Å². The molecule has 128 valence electrons. The molecule has 1 aromatic carbocycles. The van der Waals surface area contributed by atoms with Gasteiger partial charge in [-0.05, 0) is 38.1 Å². The summed E-state index contributed by atoms with van der Waals surface area (Å²) in [4.78, 5) is 20.7. The molecule has 1 amide bonds. The number of rotatable bonds is 5. The Hall–Kier alpha value is -2.63. The molecule has 1 heterocycles. The second kappa shape index (κ2) is 7.29. The number of aromatic nitrogens is 2. The molecule has 0 bridgehead atoms. The summed E-state index contributed by atoms with van der Waals surface area (Å²) in [6, 6.07) is 9.41. The minimum atomic E-state index is -0.419. The molecule has 0 atom stereocenters. The van der Waals surface area contributed by atoms with Crippen LogP contribution in [-0.2, 0) is 4.79 Å². The lowest BCUT2D eigenvalue weighted by Crippen LogP contribution is -2.27. The molecule has 24 heavy (non-hydrogen) atoms. The zero-order chi connectivity index (χ0) is 17.7. The summed E-state index contributed by atoms with van der Waals surface area (Å²) in [5.74, 6) is 2.21. The van der Waals surface area contributed by atoms with Crippen LogP contribution in [0.15, 0.2) is 30.3 Å². The number of carbonyl (C=O) groups excluding carboxylic acids is 1. The van der Waals surface area contributed by atoms with Crippen LogP contribution in [-0.4, -0.2) is 22.4 Å². The molecule has 0 saturated carbocycles. The summed E-state index contributed by atoms with van der Waals surface area (Å²) in [5.41, 5.74) is 1.25. The zero-order valence-corrected chi connectivity index (χ0v) is 14.9.